The molecule has 2 aliphatic rings. The van der Waals surface area contributed by atoms with Gasteiger partial charge in [0, 0.05) is 8.95 Å². The van der Waals surface area contributed by atoms with Gasteiger partial charge in [0.05, 0.1) is 0 Å². The highest BCUT2D eigenvalue weighted by molar-refractivity contribution is 9.10. The zero-order valence-electron chi connectivity index (χ0n) is 14.8. The third kappa shape index (κ3) is 2.22. The van der Waals surface area contributed by atoms with Crippen molar-refractivity contribution in [1.82, 2.24) is 0 Å². The Kier molecular flexibility index (Phi) is 3.56. The first-order valence-corrected chi connectivity index (χ1v) is 10.8. The zero-order chi connectivity index (χ0) is 18.8. The third-order valence-electron chi connectivity index (χ3n) is 5.73. The minimum Gasteiger partial charge on any atom is -0.0616 e. The second-order valence-electron chi connectivity index (χ2n) is 7.22. The van der Waals surface area contributed by atoms with E-state index in [1.54, 1.807) is 0 Å². The SMILES string of the molecule is Brc1ccc2c(c1)C(=C1c3ccccc3-c3ccc(Br)cc31)c1ccccc1-2. The van der Waals surface area contributed by atoms with Gasteiger partial charge < -0.3 is 0 Å². The van der Waals surface area contributed by atoms with Crippen LogP contribution in [0, 0.1) is 0 Å². The molecule has 0 saturated carbocycles. The Morgan fingerprint density at radius 3 is 1.14 bits per heavy atom. The van der Waals surface area contributed by atoms with E-state index in [1.165, 1.54) is 55.7 Å². The van der Waals surface area contributed by atoms with Gasteiger partial charge in [-0.15, -0.1) is 0 Å². The lowest BCUT2D eigenvalue weighted by atomic mass is 9.92. The normalized spacial score (nSPS) is 15.8. The monoisotopic (exact) mass is 484 g/mol. The van der Waals surface area contributed by atoms with Gasteiger partial charge in [-0.25, -0.2) is 0 Å². The Hall–Kier alpha value is -2.42. The molecule has 4 aromatic carbocycles. The summed E-state index contributed by atoms with van der Waals surface area (Å²) in [7, 11) is 0. The summed E-state index contributed by atoms with van der Waals surface area (Å²) in [5.74, 6) is 0. The third-order valence-corrected chi connectivity index (χ3v) is 6.71. The first-order valence-electron chi connectivity index (χ1n) is 9.26. The van der Waals surface area contributed by atoms with E-state index >= 15 is 0 Å². The smallest absolute Gasteiger partial charge is 0.0181 e. The molecular weight excluding hydrogens is 472 g/mol. The molecule has 0 saturated heterocycles. The Balaban J connectivity index is 1.82. The average molecular weight is 486 g/mol. The van der Waals surface area contributed by atoms with Gasteiger partial charge in [-0.1, -0.05) is 92.5 Å². The van der Waals surface area contributed by atoms with Crippen molar-refractivity contribution in [2.75, 3.05) is 0 Å². The van der Waals surface area contributed by atoms with Crippen LogP contribution in [-0.2, 0) is 0 Å². The van der Waals surface area contributed by atoms with Crippen molar-refractivity contribution in [2.24, 2.45) is 0 Å². The standard InChI is InChI=1S/C26H14Br2/c27-15-9-11-19-17-5-1-3-7-21(17)25(23(19)13-15)26-22-8-4-2-6-18(22)20-12-10-16(28)14-24(20)26/h1-14H. The number of fused-ring (bicyclic) bond motifs is 6. The first-order chi connectivity index (χ1) is 13.7. The maximum atomic E-state index is 3.69. The minimum atomic E-state index is 1.11. The van der Waals surface area contributed by atoms with E-state index in [9.17, 15) is 0 Å². The highest BCUT2D eigenvalue weighted by Gasteiger charge is 2.32. The van der Waals surface area contributed by atoms with E-state index in [4.69, 9.17) is 0 Å². The Bertz CT molecular complexity index is 1230. The number of hydrogen-bond acceptors (Lipinski definition) is 0. The van der Waals surface area contributed by atoms with Crippen LogP contribution in [-0.4, -0.2) is 0 Å². The van der Waals surface area contributed by atoms with Crippen LogP contribution >= 0.6 is 31.9 Å². The lowest BCUT2D eigenvalue weighted by Gasteiger charge is -2.12. The number of rotatable bonds is 0. The van der Waals surface area contributed by atoms with Gasteiger partial charge in [0.1, 0.15) is 0 Å². The van der Waals surface area contributed by atoms with Gasteiger partial charge in [0.25, 0.3) is 0 Å². The molecule has 0 spiro atoms. The molecule has 28 heavy (non-hydrogen) atoms. The van der Waals surface area contributed by atoms with E-state index in [0.717, 1.165) is 8.95 Å². The van der Waals surface area contributed by atoms with E-state index in [1.807, 2.05) is 0 Å². The van der Waals surface area contributed by atoms with Crippen molar-refractivity contribution in [3.63, 3.8) is 0 Å². The van der Waals surface area contributed by atoms with Gasteiger partial charge in [0.15, 0.2) is 0 Å². The topological polar surface area (TPSA) is 0 Å². The second-order valence-corrected chi connectivity index (χ2v) is 9.05. The maximum Gasteiger partial charge on any atom is 0.0181 e. The molecule has 0 N–H and O–H groups in total. The Morgan fingerprint density at radius 1 is 0.357 bits per heavy atom. The largest absolute Gasteiger partial charge is 0.0616 e. The van der Waals surface area contributed by atoms with Crippen LogP contribution < -0.4 is 0 Å². The summed E-state index contributed by atoms with van der Waals surface area (Å²) in [5, 5.41) is 0. The van der Waals surface area contributed by atoms with E-state index in [2.05, 4.69) is 117 Å². The fraction of sp³-hybridized carbons (Fsp3) is 0. The lowest BCUT2D eigenvalue weighted by molar-refractivity contribution is 1.59. The van der Waals surface area contributed by atoms with Crippen molar-refractivity contribution in [3.05, 3.63) is 116 Å². The lowest BCUT2D eigenvalue weighted by Crippen LogP contribution is -1.91. The van der Waals surface area contributed by atoms with Crippen molar-refractivity contribution >= 4 is 43.0 Å². The molecule has 6 rings (SSSR count). The van der Waals surface area contributed by atoms with Gasteiger partial charge in [-0.2, -0.15) is 0 Å². The predicted octanol–water partition coefficient (Wildman–Crippen LogP) is 8.18. The minimum absolute atomic E-state index is 1.11. The number of benzene rings is 4. The summed E-state index contributed by atoms with van der Waals surface area (Å²) >= 11 is 7.38. The average Bonchev–Trinajstić information content (AvgIpc) is 3.19. The number of halogens is 2. The van der Waals surface area contributed by atoms with E-state index in [0.29, 0.717) is 0 Å². The molecule has 0 unspecified atom stereocenters. The summed E-state index contributed by atoms with van der Waals surface area (Å²) < 4.78 is 2.22. The first kappa shape index (κ1) is 16.5. The molecule has 0 aromatic heterocycles. The van der Waals surface area contributed by atoms with Crippen LogP contribution in [0.2, 0.25) is 0 Å². The molecule has 0 heterocycles. The number of hydrogen-bond donors (Lipinski definition) is 0. The molecule has 2 aliphatic carbocycles. The fourth-order valence-corrected chi connectivity index (χ4v) is 5.34. The molecule has 0 radical (unpaired) electrons. The molecule has 4 aromatic rings. The van der Waals surface area contributed by atoms with Crippen molar-refractivity contribution in [1.29, 1.82) is 0 Å². The molecule has 132 valence electrons. The maximum absolute atomic E-state index is 3.69. The van der Waals surface area contributed by atoms with E-state index in [-0.39, 0.29) is 0 Å². The molecule has 0 nitrogen and oxygen atoms in total. The predicted molar refractivity (Wildman–Crippen MR) is 124 cm³/mol. The molecule has 0 atom stereocenters. The molecule has 0 fully saturated rings. The summed E-state index contributed by atoms with van der Waals surface area (Å²) in [6.07, 6.45) is 0. The zero-order valence-corrected chi connectivity index (χ0v) is 18.0. The molecule has 0 aliphatic heterocycles. The fourth-order valence-electron chi connectivity index (χ4n) is 4.62. The van der Waals surface area contributed by atoms with Crippen LogP contribution in [0.4, 0.5) is 0 Å². The molecule has 0 amide bonds. The Labute approximate surface area is 180 Å². The van der Waals surface area contributed by atoms with Crippen LogP contribution in [0.1, 0.15) is 22.3 Å². The second kappa shape index (κ2) is 6.04. The Morgan fingerprint density at radius 2 is 0.714 bits per heavy atom. The summed E-state index contributed by atoms with van der Waals surface area (Å²) in [5.41, 5.74) is 13.1. The van der Waals surface area contributed by atoms with Crippen LogP contribution in [0.5, 0.6) is 0 Å². The summed E-state index contributed by atoms with van der Waals surface area (Å²) in [6.45, 7) is 0. The van der Waals surface area contributed by atoms with Crippen molar-refractivity contribution in [3.8, 4) is 22.3 Å². The van der Waals surface area contributed by atoms with Gasteiger partial charge in [-0.05, 0) is 79.9 Å². The van der Waals surface area contributed by atoms with Gasteiger partial charge in [0.2, 0.25) is 0 Å². The van der Waals surface area contributed by atoms with Gasteiger partial charge in [-0.3, -0.25) is 0 Å². The van der Waals surface area contributed by atoms with Gasteiger partial charge >= 0.3 is 0 Å². The van der Waals surface area contributed by atoms with E-state index < -0.39 is 0 Å². The van der Waals surface area contributed by atoms with Crippen molar-refractivity contribution in [2.45, 2.75) is 0 Å². The molecular formula is C26H14Br2. The highest BCUT2D eigenvalue weighted by atomic mass is 79.9. The van der Waals surface area contributed by atoms with Crippen LogP contribution in [0.3, 0.4) is 0 Å². The highest BCUT2D eigenvalue weighted by Crippen LogP contribution is 2.54. The van der Waals surface area contributed by atoms with Crippen LogP contribution in [0.15, 0.2) is 93.9 Å². The summed E-state index contributed by atoms with van der Waals surface area (Å²) in [6, 6.07) is 30.8. The van der Waals surface area contributed by atoms with Crippen molar-refractivity contribution < 1.29 is 0 Å². The van der Waals surface area contributed by atoms with Crippen LogP contribution in [0.25, 0.3) is 33.4 Å². The quantitative estimate of drug-likeness (QED) is 0.203. The molecule has 2 heteroatoms. The summed E-state index contributed by atoms with van der Waals surface area (Å²) in [4.78, 5) is 0. The molecule has 0 bridgehead atoms.